The number of thioether (sulfide) groups is 1. The van der Waals surface area contributed by atoms with Gasteiger partial charge in [-0.3, -0.25) is 4.79 Å². The zero-order chi connectivity index (χ0) is 19.6. The van der Waals surface area contributed by atoms with E-state index in [1.807, 2.05) is 72.8 Å². The van der Waals surface area contributed by atoms with Crippen LogP contribution in [0.4, 0.5) is 0 Å². The van der Waals surface area contributed by atoms with Crippen LogP contribution in [0.25, 0.3) is 17.0 Å². The normalized spacial score (nSPS) is 14.5. The minimum atomic E-state index is 0.106. The predicted octanol–water partition coefficient (Wildman–Crippen LogP) is 6.05. The molecule has 1 aromatic heterocycles. The molecule has 0 saturated heterocycles. The molecule has 29 heavy (non-hydrogen) atoms. The van der Waals surface area contributed by atoms with Crippen molar-refractivity contribution in [3.8, 4) is 5.75 Å². The number of allylic oxidation sites excluding steroid dienone is 1. The number of benzene rings is 3. The van der Waals surface area contributed by atoms with Gasteiger partial charge in [-0.1, -0.05) is 60.3 Å². The van der Waals surface area contributed by atoms with Crippen LogP contribution in [-0.4, -0.2) is 17.0 Å². The Bertz CT molecular complexity index is 1220. The molecular formula is C25H19NO2S. The molecule has 3 aromatic carbocycles. The lowest BCUT2D eigenvalue weighted by Crippen LogP contribution is -2.07. The van der Waals surface area contributed by atoms with Crippen molar-refractivity contribution in [1.82, 2.24) is 4.57 Å². The maximum atomic E-state index is 12.8. The van der Waals surface area contributed by atoms with Gasteiger partial charge < -0.3 is 9.30 Å². The van der Waals surface area contributed by atoms with E-state index in [9.17, 15) is 4.79 Å². The lowest BCUT2D eigenvalue weighted by molar-refractivity contribution is 0.104. The Labute approximate surface area is 173 Å². The Kier molecular flexibility index (Phi) is 4.70. The van der Waals surface area contributed by atoms with Gasteiger partial charge in [-0.25, -0.2) is 0 Å². The summed E-state index contributed by atoms with van der Waals surface area (Å²) in [6, 6.07) is 25.9. The number of nitrogens with zero attached hydrogens (tertiary/aromatic N) is 1. The van der Waals surface area contributed by atoms with Crippen LogP contribution in [-0.2, 0) is 6.54 Å². The van der Waals surface area contributed by atoms with Gasteiger partial charge in [-0.15, -0.1) is 0 Å². The van der Waals surface area contributed by atoms with E-state index in [1.165, 1.54) is 0 Å². The molecule has 2 heterocycles. The number of ether oxygens (including phenoxy) is 1. The highest BCUT2D eigenvalue weighted by Crippen LogP contribution is 2.41. The van der Waals surface area contributed by atoms with E-state index in [0.717, 1.165) is 44.1 Å². The van der Waals surface area contributed by atoms with Crippen LogP contribution in [0.2, 0.25) is 0 Å². The van der Waals surface area contributed by atoms with Gasteiger partial charge in [0.15, 0.2) is 0 Å². The summed E-state index contributed by atoms with van der Waals surface area (Å²) < 4.78 is 8.06. The van der Waals surface area contributed by atoms with Crippen molar-refractivity contribution in [2.75, 3.05) is 6.61 Å². The van der Waals surface area contributed by atoms with E-state index in [2.05, 4.69) is 22.9 Å². The fraction of sp³-hybridized carbons (Fsp3) is 0.0800. The summed E-state index contributed by atoms with van der Waals surface area (Å²) in [6.45, 7) is 1.32. The molecule has 3 nitrogen and oxygen atoms in total. The second-order valence-corrected chi connectivity index (χ2v) is 7.98. The molecule has 0 bridgehead atoms. The zero-order valence-electron chi connectivity index (χ0n) is 15.7. The van der Waals surface area contributed by atoms with Gasteiger partial charge in [-0.2, -0.15) is 0 Å². The number of Topliss-reactive ketones (excluding diaryl/α,β-unsaturated/α-hetero) is 1. The third kappa shape index (κ3) is 3.47. The number of para-hydroxylation sites is 2. The van der Waals surface area contributed by atoms with Gasteiger partial charge in [0, 0.05) is 33.1 Å². The molecule has 0 N–H and O–H groups in total. The number of carbonyl (C=O) groups is 1. The Balaban J connectivity index is 1.43. The second-order valence-electron chi connectivity index (χ2n) is 6.89. The molecule has 0 saturated carbocycles. The highest BCUT2D eigenvalue weighted by Gasteiger charge is 2.25. The Morgan fingerprint density at radius 3 is 2.52 bits per heavy atom. The van der Waals surface area contributed by atoms with Crippen LogP contribution in [0.3, 0.4) is 0 Å². The molecule has 4 heteroatoms. The van der Waals surface area contributed by atoms with Crippen LogP contribution in [0, 0.1) is 0 Å². The Morgan fingerprint density at radius 1 is 0.897 bits per heavy atom. The number of aromatic nitrogens is 1. The monoisotopic (exact) mass is 397 g/mol. The average Bonchev–Trinajstić information content (AvgIpc) is 3.27. The molecule has 0 aliphatic carbocycles. The lowest BCUT2D eigenvalue weighted by Gasteiger charge is -2.08. The first kappa shape index (κ1) is 17.8. The third-order valence-electron chi connectivity index (χ3n) is 5.03. The molecule has 1 aliphatic rings. The van der Waals surface area contributed by atoms with Crippen molar-refractivity contribution in [2.45, 2.75) is 11.4 Å². The Hall–Kier alpha value is -3.24. The van der Waals surface area contributed by atoms with E-state index in [-0.39, 0.29) is 5.78 Å². The first-order valence-electron chi connectivity index (χ1n) is 9.58. The molecule has 0 unspecified atom stereocenters. The summed E-state index contributed by atoms with van der Waals surface area (Å²) in [6.07, 6.45) is 4.13. The molecule has 142 valence electrons. The second kappa shape index (κ2) is 7.64. The van der Waals surface area contributed by atoms with Gasteiger partial charge in [0.05, 0.1) is 11.4 Å². The highest BCUT2D eigenvalue weighted by molar-refractivity contribution is 8.04. The molecule has 0 spiro atoms. The average molecular weight is 397 g/mol. The van der Waals surface area contributed by atoms with E-state index < -0.39 is 0 Å². The van der Waals surface area contributed by atoms with E-state index in [4.69, 9.17) is 4.74 Å². The van der Waals surface area contributed by atoms with E-state index >= 15 is 0 Å². The summed E-state index contributed by atoms with van der Waals surface area (Å²) in [7, 11) is 0. The minimum absolute atomic E-state index is 0.106. The van der Waals surface area contributed by atoms with Crippen molar-refractivity contribution < 1.29 is 9.53 Å². The van der Waals surface area contributed by atoms with Gasteiger partial charge in [0.2, 0.25) is 5.78 Å². The molecule has 0 fully saturated rings. The minimum Gasteiger partial charge on any atom is -0.492 e. The number of ketones is 1. The smallest absolute Gasteiger partial charge is 0.200 e. The summed E-state index contributed by atoms with van der Waals surface area (Å²) >= 11 is 1.55. The maximum Gasteiger partial charge on any atom is 0.200 e. The number of carbonyl (C=O) groups excluding carboxylic acids is 1. The Morgan fingerprint density at radius 2 is 1.66 bits per heavy atom. The summed E-state index contributed by atoms with van der Waals surface area (Å²) in [5.41, 5.74) is 3.00. The molecular weight excluding hydrogens is 378 g/mol. The predicted molar refractivity (Wildman–Crippen MR) is 118 cm³/mol. The third-order valence-corrected chi connectivity index (χ3v) is 6.12. The maximum absolute atomic E-state index is 12.8. The number of rotatable bonds is 5. The van der Waals surface area contributed by atoms with E-state index in [1.54, 1.807) is 11.8 Å². The topological polar surface area (TPSA) is 31.2 Å². The summed E-state index contributed by atoms with van der Waals surface area (Å²) in [4.78, 5) is 14.6. The van der Waals surface area contributed by atoms with Gasteiger partial charge >= 0.3 is 0 Å². The van der Waals surface area contributed by atoms with Gasteiger partial charge in [-0.05, 0) is 36.4 Å². The fourth-order valence-corrected chi connectivity index (χ4v) is 4.67. The lowest BCUT2D eigenvalue weighted by atomic mass is 10.1. The van der Waals surface area contributed by atoms with Gasteiger partial charge in [0.25, 0.3) is 0 Å². The van der Waals surface area contributed by atoms with Crippen molar-refractivity contribution in [1.29, 1.82) is 0 Å². The SMILES string of the molecule is O=C1C(=Cc2cn(CCOc3ccccc3)c3ccccc23)Sc2ccccc21. The number of fused-ring (bicyclic) bond motifs is 2. The van der Waals surface area contributed by atoms with Crippen LogP contribution in [0.5, 0.6) is 5.75 Å². The molecule has 0 amide bonds. The standard InChI is InChI=1S/C25H19NO2S/c27-25-21-11-5-7-13-23(21)29-24(25)16-18-17-26(22-12-6-4-10-20(18)22)14-15-28-19-8-2-1-3-9-19/h1-13,16-17H,14-15H2. The largest absolute Gasteiger partial charge is 0.492 e. The molecule has 1 aliphatic heterocycles. The summed E-state index contributed by atoms with van der Waals surface area (Å²) in [5.74, 6) is 0.979. The summed E-state index contributed by atoms with van der Waals surface area (Å²) in [5, 5.41) is 1.14. The van der Waals surface area contributed by atoms with Crippen LogP contribution in [0.15, 0.2) is 94.9 Å². The van der Waals surface area contributed by atoms with Crippen LogP contribution < -0.4 is 4.74 Å². The van der Waals surface area contributed by atoms with Gasteiger partial charge in [0.1, 0.15) is 12.4 Å². The van der Waals surface area contributed by atoms with Crippen LogP contribution in [0.1, 0.15) is 15.9 Å². The molecule has 4 aromatic rings. The van der Waals surface area contributed by atoms with Crippen molar-refractivity contribution in [3.63, 3.8) is 0 Å². The van der Waals surface area contributed by atoms with E-state index in [0.29, 0.717) is 6.61 Å². The van der Waals surface area contributed by atoms with Crippen LogP contribution >= 0.6 is 11.8 Å². The van der Waals surface area contributed by atoms with Crippen molar-refractivity contribution >= 4 is 34.5 Å². The number of hydrogen-bond donors (Lipinski definition) is 0. The first-order valence-corrected chi connectivity index (χ1v) is 10.4. The molecule has 0 radical (unpaired) electrons. The highest BCUT2D eigenvalue weighted by atomic mass is 32.2. The van der Waals surface area contributed by atoms with Crippen molar-refractivity contribution in [3.05, 3.63) is 101 Å². The fourth-order valence-electron chi connectivity index (χ4n) is 3.63. The molecule has 5 rings (SSSR count). The quantitative estimate of drug-likeness (QED) is 0.384. The zero-order valence-corrected chi connectivity index (χ0v) is 16.6. The number of hydrogen-bond acceptors (Lipinski definition) is 3. The first-order chi connectivity index (χ1) is 14.3. The molecule has 0 atom stereocenters. The van der Waals surface area contributed by atoms with Crippen molar-refractivity contribution in [2.24, 2.45) is 0 Å².